The lowest BCUT2D eigenvalue weighted by molar-refractivity contribution is -0.136. The number of nitrogens with zero attached hydrogens (tertiary/aromatic N) is 8. The normalized spacial score (nSPS) is 21.5. The Bertz CT molecular complexity index is 3020. The van der Waals surface area contributed by atoms with Gasteiger partial charge in [0.2, 0.25) is 17.7 Å². The van der Waals surface area contributed by atoms with Crippen molar-refractivity contribution in [3.8, 4) is 5.69 Å². The summed E-state index contributed by atoms with van der Waals surface area (Å²) in [6.07, 6.45) is 7.89. The highest BCUT2D eigenvalue weighted by Crippen LogP contribution is 2.44. The zero-order valence-electron chi connectivity index (χ0n) is 41.1. The minimum Gasteiger partial charge on any atom is -0.388 e. The monoisotopic (exact) mass is 968 g/mol. The van der Waals surface area contributed by atoms with Gasteiger partial charge in [0.15, 0.2) is 0 Å². The molecule has 5 aliphatic heterocycles. The number of piperidine rings is 2. The van der Waals surface area contributed by atoms with E-state index >= 15 is 8.78 Å². The fourth-order valence-corrected chi connectivity index (χ4v) is 11.5. The standard InChI is InChI=1S/C54H62F2N10O5/c1-33-29-62(30-35-6-7-45-41(24-35)54(2,3)53(71)66(45)46-8-9-47(67)59-51(46)69)22-23-64(33)31-34-11-19-63(20-12-34)52(70)37-25-42(55)49(43(56)26-37)36-13-17-61(18-14-36)32-39-28-40-44(10-16-58-50(40)60(39)5)65-21-15-38(57-4)27-48(65)68/h6-7,10,13,15-16,21,24-28,33-34,46,57H,8-9,11-12,14,17-20,22-23,29-32H2,1-5H3,(H,59,67,69)/t33-,46+/m0/s1. The molecule has 0 unspecified atom stereocenters. The number of benzene rings is 2. The van der Waals surface area contributed by atoms with Gasteiger partial charge >= 0.3 is 0 Å². The van der Waals surface area contributed by atoms with E-state index in [0.717, 1.165) is 90.5 Å². The number of halogens is 2. The zero-order valence-corrected chi connectivity index (χ0v) is 41.1. The number of anilines is 2. The molecule has 0 saturated carbocycles. The topological polar surface area (TPSA) is 148 Å². The third kappa shape index (κ3) is 9.19. The molecule has 8 heterocycles. The Morgan fingerprint density at radius 1 is 0.873 bits per heavy atom. The molecule has 71 heavy (non-hydrogen) atoms. The van der Waals surface area contributed by atoms with Crippen LogP contribution in [0.5, 0.6) is 0 Å². The number of imide groups is 1. The SMILES string of the molecule is CNc1ccn(-c2ccnc3c2cc(CN2CC=C(c4c(F)cc(C(=O)N5CCC(CN6CCN(Cc7ccc8c(c7)C(C)(C)C(=O)N8[C@@H]7CCC(=O)NC7=O)C[C@@H]6C)CC5)cc4F)CC2)n3C)c(=O)c1. The number of nitrogens with one attached hydrogen (secondary N) is 2. The van der Waals surface area contributed by atoms with Gasteiger partial charge in [0.1, 0.15) is 23.3 Å². The van der Waals surface area contributed by atoms with Gasteiger partial charge in [-0.15, -0.1) is 0 Å². The first-order valence-electron chi connectivity index (χ1n) is 24.9. The quantitative estimate of drug-likeness (QED) is 0.155. The van der Waals surface area contributed by atoms with Crippen LogP contribution in [0.1, 0.15) is 85.6 Å². The molecule has 5 aromatic rings. The summed E-state index contributed by atoms with van der Waals surface area (Å²) in [5, 5.41) is 6.24. The third-order valence-corrected chi connectivity index (χ3v) is 15.7. The zero-order chi connectivity index (χ0) is 49.9. The summed E-state index contributed by atoms with van der Waals surface area (Å²) in [5.41, 5.74) is 5.53. The second-order valence-electron chi connectivity index (χ2n) is 20.6. The number of piperazine rings is 1. The van der Waals surface area contributed by atoms with Gasteiger partial charge in [-0.2, -0.15) is 0 Å². The number of aryl methyl sites for hydroxylation is 1. The number of aromatic nitrogens is 3. The number of pyridine rings is 2. The fraction of sp³-hybridized carbons (Fsp3) is 0.444. The van der Waals surface area contributed by atoms with Gasteiger partial charge < -0.3 is 14.8 Å². The van der Waals surface area contributed by atoms with Gasteiger partial charge in [0, 0.05) is 144 Å². The van der Waals surface area contributed by atoms with Crippen LogP contribution in [0.2, 0.25) is 0 Å². The molecule has 2 N–H and O–H groups in total. The van der Waals surface area contributed by atoms with Crippen LogP contribution >= 0.6 is 0 Å². The molecule has 0 radical (unpaired) electrons. The Labute approximate surface area is 412 Å². The lowest BCUT2D eigenvalue weighted by Gasteiger charge is -2.42. The van der Waals surface area contributed by atoms with E-state index < -0.39 is 29.0 Å². The maximum absolute atomic E-state index is 15.8. The summed E-state index contributed by atoms with van der Waals surface area (Å²) < 4.78 is 35.3. The number of carbonyl (C=O) groups excluding carboxylic acids is 4. The molecular formula is C54H62F2N10O5. The summed E-state index contributed by atoms with van der Waals surface area (Å²) in [4.78, 5) is 79.9. The molecule has 15 nitrogen and oxygen atoms in total. The van der Waals surface area contributed by atoms with Crippen LogP contribution in [0.25, 0.3) is 22.3 Å². The summed E-state index contributed by atoms with van der Waals surface area (Å²) in [5.74, 6) is -2.28. The van der Waals surface area contributed by atoms with Crippen LogP contribution in [-0.2, 0) is 39.9 Å². The van der Waals surface area contributed by atoms with Crippen LogP contribution < -0.4 is 21.1 Å². The van der Waals surface area contributed by atoms with E-state index in [-0.39, 0.29) is 40.8 Å². The molecule has 0 bridgehead atoms. The fourth-order valence-electron chi connectivity index (χ4n) is 11.5. The van der Waals surface area contributed by atoms with Gasteiger partial charge in [-0.05, 0) is 105 Å². The molecule has 2 aromatic carbocycles. The first-order chi connectivity index (χ1) is 34.1. The van der Waals surface area contributed by atoms with E-state index in [0.29, 0.717) is 63.1 Å². The van der Waals surface area contributed by atoms with Crippen molar-refractivity contribution in [1.29, 1.82) is 0 Å². The molecule has 17 heteroatoms. The highest BCUT2D eigenvalue weighted by molar-refractivity contribution is 6.13. The van der Waals surface area contributed by atoms with Crippen LogP contribution in [0.4, 0.5) is 20.2 Å². The van der Waals surface area contributed by atoms with E-state index in [9.17, 15) is 24.0 Å². The number of fused-ring (bicyclic) bond motifs is 2. The first-order valence-corrected chi connectivity index (χ1v) is 24.9. The van der Waals surface area contributed by atoms with Crippen LogP contribution in [0, 0.1) is 17.6 Å². The Morgan fingerprint density at radius 3 is 2.34 bits per heavy atom. The third-order valence-electron chi connectivity index (χ3n) is 15.7. The summed E-state index contributed by atoms with van der Waals surface area (Å²) in [7, 11) is 3.72. The van der Waals surface area contributed by atoms with Crippen molar-refractivity contribution in [3.05, 3.63) is 123 Å². The average Bonchev–Trinajstić information content (AvgIpc) is 3.77. The van der Waals surface area contributed by atoms with Crippen molar-refractivity contribution in [1.82, 2.24) is 39.0 Å². The number of rotatable bonds is 11. The lowest BCUT2D eigenvalue weighted by Crippen LogP contribution is -2.55. The molecule has 3 aromatic heterocycles. The van der Waals surface area contributed by atoms with Gasteiger partial charge in [0.25, 0.3) is 11.5 Å². The van der Waals surface area contributed by atoms with Crippen LogP contribution in [0.3, 0.4) is 0 Å². The smallest absolute Gasteiger partial charge is 0.257 e. The number of hydrogen-bond donors (Lipinski definition) is 2. The average molecular weight is 969 g/mol. The maximum atomic E-state index is 15.8. The minimum atomic E-state index is -0.798. The maximum Gasteiger partial charge on any atom is 0.257 e. The summed E-state index contributed by atoms with van der Waals surface area (Å²) in [6, 6.07) is 15.4. The van der Waals surface area contributed by atoms with Crippen LogP contribution in [-0.4, -0.2) is 129 Å². The largest absolute Gasteiger partial charge is 0.388 e. The van der Waals surface area contributed by atoms with Crippen molar-refractivity contribution >= 4 is 51.6 Å². The number of amides is 4. The van der Waals surface area contributed by atoms with Crippen molar-refractivity contribution < 1.29 is 28.0 Å². The summed E-state index contributed by atoms with van der Waals surface area (Å²) >= 11 is 0. The van der Waals surface area contributed by atoms with Crippen molar-refractivity contribution in [2.24, 2.45) is 13.0 Å². The second-order valence-corrected chi connectivity index (χ2v) is 20.6. The predicted octanol–water partition coefficient (Wildman–Crippen LogP) is 5.82. The van der Waals surface area contributed by atoms with Gasteiger partial charge in [0.05, 0.1) is 11.1 Å². The van der Waals surface area contributed by atoms with E-state index in [2.05, 4.69) is 43.3 Å². The summed E-state index contributed by atoms with van der Waals surface area (Å²) in [6.45, 7) is 13.1. The van der Waals surface area contributed by atoms with E-state index in [4.69, 9.17) is 0 Å². The Kier molecular flexibility index (Phi) is 13.0. The molecule has 0 spiro atoms. The predicted molar refractivity (Wildman–Crippen MR) is 268 cm³/mol. The Balaban J connectivity index is 0.708. The molecule has 0 aliphatic carbocycles. The van der Waals surface area contributed by atoms with Crippen molar-refractivity contribution in [2.75, 3.05) is 69.6 Å². The van der Waals surface area contributed by atoms with E-state index in [1.807, 2.05) is 61.9 Å². The lowest BCUT2D eigenvalue weighted by atomic mass is 9.85. The minimum absolute atomic E-state index is 0.0270. The van der Waals surface area contributed by atoms with Crippen LogP contribution in [0.15, 0.2) is 77.9 Å². The highest BCUT2D eigenvalue weighted by atomic mass is 19.1. The van der Waals surface area contributed by atoms with Gasteiger partial charge in [-0.3, -0.25) is 53.5 Å². The van der Waals surface area contributed by atoms with Gasteiger partial charge in [-0.25, -0.2) is 13.8 Å². The Hall–Kier alpha value is -6.56. The highest BCUT2D eigenvalue weighted by Gasteiger charge is 2.49. The van der Waals surface area contributed by atoms with E-state index in [1.54, 1.807) is 39.9 Å². The van der Waals surface area contributed by atoms with Crippen molar-refractivity contribution in [3.63, 3.8) is 0 Å². The molecule has 2 atom stereocenters. The molecular weight excluding hydrogens is 907 g/mol. The molecule has 4 amide bonds. The number of hydrogen-bond acceptors (Lipinski definition) is 10. The molecule has 372 valence electrons. The van der Waals surface area contributed by atoms with E-state index in [1.165, 1.54) is 12.1 Å². The second kappa shape index (κ2) is 19.2. The van der Waals surface area contributed by atoms with Gasteiger partial charge in [-0.1, -0.05) is 18.2 Å². The molecule has 3 fully saturated rings. The molecule has 3 saturated heterocycles. The molecule has 5 aliphatic rings. The first kappa shape index (κ1) is 48.1. The molecule has 10 rings (SSSR count). The number of carbonyl (C=O) groups is 4. The van der Waals surface area contributed by atoms with Crippen molar-refractivity contribution in [2.45, 2.75) is 83.5 Å². The number of likely N-dealkylation sites (tertiary alicyclic amines) is 1. The Morgan fingerprint density at radius 2 is 1.65 bits per heavy atom.